The molecule has 214 valence electrons. The number of anilines is 1. The van der Waals surface area contributed by atoms with Crippen molar-refractivity contribution in [3.05, 3.63) is 82.1 Å². The van der Waals surface area contributed by atoms with Crippen molar-refractivity contribution < 1.29 is 36.3 Å². The Balaban J connectivity index is 1.42. The summed E-state index contributed by atoms with van der Waals surface area (Å²) < 4.78 is 68.9. The van der Waals surface area contributed by atoms with Gasteiger partial charge in [0.2, 0.25) is 5.91 Å². The zero-order valence-corrected chi connectivity index (χ0v) is 21.6. The number of hydrogen-bond acceptors (Lipinski definition) is 5. The summed E-state index contributed by atoms with van der Waals surface area (Å²) in [5, 5.41) is 17.6. The number of halogens is 6. The van der Waals surface area contributed by atoms with E-state index in [0.29, 0.717) is 26.7 Å². The quantitative estimate of drug-likeness (QED) is 0.394. The second-order valence-electron chi connectivity index (χ2n) is 9.15. The smallest absolute Gasteiger partial charge is 0.343 e. The van der Waals surface area contributed by atoms with Crippen molar-refractivity contribution in [1.82, 2.24) is 20.0 Å². The van der Waals surface area contributed by atoms with E-state index in [2.05, 4.69) is 10.4 Å². The van der Waals surface area contributed by atoms with Gasteiger partial charge < -0.3 is 15.5 Å². The Bertz CT molecular complexity index is 1500. The third kappa shape index (κ3) is 7.17. The van der Waals surface area contributed by atoms with E-state index in [-0.39, 0.29) is 6.54 Å². The van der Waals surface area contributed by atoms with Crippen molar-refractivity contribution in [3.8, 4) is 6.07 Å². The number of carbonyl (C=O) groups is 3. The van der Waals surface area contributed by atoms with Gasteiger partial charge in [-0.15, -0.1) is 0 Å². The molecule has 41 heavy (non-hydrogen) atoms. The molecule has 9 nitrogen and oxygen atoms in total. The van der Waals surface area contributed by atoms with Gasteiger partial charge in [0.15, 0.2) is 5.69 Å². The first-order valence-electron chi connectivity index (χ1n) is 11.9. The van der Waals surface area contributed by atoms with Gasteiger partial charge in [-0.1, -0.05) is 23.7 Å². The first-order chi connectivity index (χ1) is 19.3. The third-order valence-corrected chi connectivity index (χ3v) is 6.33. The van der Waals surface area contributed by atoms with Gasteiger partial charge in [-0.2, -0.15) is 23.5 Å². The Morgan fingerprint density at radius 2 is 1.73 bits per heavy atom. The molecule has 0 unspecified atom stereocenters. The van der Waals surface area contributed by atoms with E-state index in [0.717, 1.165) is 10.9 Å². The van der Waals surface area contributed by atoms with Crippen LogP contribution in [0, 0.1) is 11.3 Å². The Morgan fingerprint density at radius 3 is 2.34 bits per heavy atom. The summed E-state index contributed by atoms with van der Waals surface area (Å²) in [6, 6.07) is 12.5. The molecule has 3 amide bonds. The number of nitriles is 1. The summed E-state index contributed by atoms with van der Waals surface area (Å²) in [6.45, 7) is -2.10. The molecule has 4 rings (SSSR count). The van der Waals surface area contributed by atoms with Crippen LogP contribution in [-0.4, -0.2) is 57.5 Å². The molecule has 1 fully saturated rings. The predicted molar refractivity (Wildman–Crippen MR) is 135 cm³/mol. The summed E-state index contributed by atoms with van der Waals surface area (Å²) in [6.07, 6.45) is -5.04. The largest absolute Gasteiger partial charge is 0.435 e. The predicted octanol–water partition coefficient (Wildman–Crippen LogP) is 4.35. The molecular formula is C26H20ClF5N6O3. The van der Waals surface area contributed by atoms with Crippen LogP contribution in [-0.2, 0) is 17.5 Å². The zero-order chi connectivity index (χ0) is 29.9. The van der Waals surface area contributed by atoms with Crippen molar-refractivity contribution in [2.75, 3.05) is 18.4 Å². The monoisotopic (exact) mass is 594 g/mol. The van der Waals surface area contributed by atoms with Gasteiger partial charge in [0.1, 0.15) is 6.04 Å². The zero-order valence-electron chi connectivity index (χ0n) is 20.9. The Labute approximate surface area is 234 Å². The van der Waals surface area contributed by atoms with Crippen molar-refractivity contribution in [2.45, 2.75) is 31.1 Å². The van der Waals surface area contributed by atoms with Gasteiger partial charge in [-0.3, -0.25) is 19.1 Å². The van der Waals surface area contributed by atoms with Gasteiger partial charge in [0.05, 0.1) is 31.3 Å². The normalized spacial score (nSPS) is 16.2. The van der Waals surface area contributed by atoms with Crippen LogP contribution in [0.5, 0.6) is 0 Å². The lowest BCUT2D eigenvalue weighted by atomic mass is 10.2. The van der Waals surface area contributed by atoms with Crippen LogP contribution in [0.15, 0.2) is 54.7 Å². The van der Waals surface area contributed by atoms with E-state index in [4.69, 9.17) is 16.9 Å². The molecule has 2 aromatic carbocycles. The first kappa shape index (κ1) is 29.5. The number of rotatable bonds is 7. The maximum atomic E-state index is 13.6. The Morgan fingerprint density at radius 1 is 1.07 bits per heavy atom. The number of nitrogens with one attached hydrogen (secondary N) is 2. The Hall–Kier alpha value is -4.51. The lowest BCUT2D eigenvalue weighted by Crippen LogP contribution is -2.43. The molecule has 1 aliphatic heterocycles. The molecule has 0 radical (unpaired) electrons. The van der Waals surface area contributed by atoms with E-state index in [1.54, 1.807) is 42.5 Å². The highest BCUT2D eigenvalue weighted by Gasteiger charge is 2.47. The molecule has 1 aromatic heterocycles. The molecule has 2 heterocycles. The highest BCUT2D eigenvalue weighted by molar-refractivity contribution is 6.30. The van der Waals surface area contributed by atoms with Crippen LogP contribution in [0.25, 0.3) is 0 Å². The van der Waals surface area contributed by atoms with Crippen LogP contribution in [0.1, 0.15) is 38.4 Å². The molecule has 0 spiro atoms. The van der Waals surface area contributed by atoms with Crippen molar-refractivity contribution >= 4 is 35.0 Å². The van der Waals surface area contributed by atoms with Gasteiger partial charge in [0, 0.05) is 28.9 Å². The second kappa shape index (κ2) is 11.5. The van der Waals surface area contributed by atoms with Gasteiger partial charge >= 0.3 is 6.18 Å². The number of benzene rings is 2. The topological polar surface area (TPSA) is 120 Å². The van der Waals surface area contributed by atoms with E-state index in [1.165, 1.54) is 12.1 Å². The fraction of sp³-hybridized carbons (Fsp3) is 0.269. The molecule has 3 aromatic rings. The SMILES string of the molecule is N#C[C@@H]1CC(F)(F)CN1C(=O)CNC(=O)c1cn(Cc2ccc(NC(=O)c3ccc(Cl)cc3)cc2)nc1C(F)(F)F. The molecule has 1 aliphatic rings. The third-order valence-electron chi connectivity index (χ3n) is 6.08. The highest BCUT2D eigenvalue weighted by atomic mass is 35.5. The summed E-state index contributed by atoms with van der Waals surface area (Å²) >= 11 is 5.81. The minimum Gasteiger partial charge on any atom is -0.343 e. The number of nitrogens with zero attached hydrogens (tertiary/aromatic N) is 4. The van der Waals surface area contributed by atoms with Crippen LogP contribution in [0.4, 0.5) is 27.6 Å². The highest BCUT2D eigenvalue weighted by Crippen LogP contribution is 2.32. The van der Waals surface area contributed by atoms with Crippen LogP contribution in [0.2, 0.25) is 5.02 Å². The standard InChI is InChI=1S/C26H20ClF5N6O3/c27-17-5-3-16(4-6-17)23(40)35-18-7-1-15(2-8-18)12-37-13-20(22(36-37)26(30,31)32)24(41)34-11-21(39)38-14-25(28,29)9-19(38)10-33/h1-8,13,19H,9,11-12,14H2,(H,34,41)(H,35,40)/t19-/m0/s1. The lowest BCUT2D eigenvalue weighted by Gasteiger charge is -2.19. The molecule has 1 atom stereocenters. The summed E-state index contributed by atoms with van der Waals surface area (Å²) in [5.41, 5.74) is -1.10. The fourth-order valence-corrected chi connectivity index (χ4v) is 4.24. The molecule has 0 saturated carbocycles. The van der Waals surface area contributed by atoms with Crippen molar-refractivity contribution in [2.24, 2.45) is 0 Å². The molecule has 0 bridgehead atoms. The molecule has 1 saturated heterocycles. The summed E-state index contributed by atoms with van der Waals surface area (Å²) in [5.74, 6) is -6.01. The number of likely N-dealkylation sites (tertiary alicyclic amines) is 1. The summed E-state index contributed by atoms with van der Waals surface area (Å²) in [7, 11) is 0. The molecule has 2 N–H and O–H groups in total. The lowest BCUT2D eigenvalue weighted by molar-refractivity contribution is -0.141. The number of hydrogen-bond donors (Lipinski definition) is 2. The number of amides is 3. The number of aromatic nitrogens is 2. The van der Waals surface area contributed by atoms with Gasteiger partial charge in [-0.05, 0) is 42.0 Å². The van der Waals surface area contributed by atoms with E-state index < -0.39 is 66.6 Å². The Kier molecular flexibility index (Phi) is 8.29. The van der Waals surface area contributed by atoms with Gasteiger partial charge in [0.25, 0.3) is 17.7 Å². The van der Waals surface area contributed by atoms with Crippen molar-refractivity contribution in [3.63, 3.8) is 0 Å². The number of carbonyl (C=O) groups excluding carboxylic acids is 3. The average Bonchev–Trinajstić information content (AvgIpc) is 3.49. The van der Waals surface area contributed by atoms with Gasteiger partial charge in [-0.25, -0.2) is 8.78 Å². The maximum absolute atomic E-state index is 13.6. The summed E-state index contributed by atoms with van der Waals surface area (Å²) in [4.78, 5) is 37.8. The van der Waals surface area contributed by atoms with E-state index in [1.807, 2.05) is 5.32 Å². The number of alkyl halides is 5. The second-order valence-corrected chi connectivity index (χ2v) is 9.59. The molecule has 0 aliphatic carbocycles. The minimum absolute atomic E-state index is 0.173. The molecule has 15 heteroatoms. The van der Waals surface area contributed by atoms with Crippen LogP contribution < -0.4 is 10.6 Å². The van der Waals surface area contributed by atoms with Crippen molar-refractivity contribution in [1.29, 1.82) is 5.26 Å². The van der Waals surface area contributed by atoms with E-state index in [9.17, 15) is 36.3 Å². The van der Waals surface area contributed by atoms with Crippen LogP contribution in [0.3, 0.4) is 0 Å². The minimum atomic E-state index is -5.01. The van der Waals surface area contributed by atoms with Crippen LogP contribution >= 0.6 is 11.6 Å². The van der Waals surface area contributed by atoms with E-state index >= 15 is 0 Å². The average molecular weight is 595 g/mol. The maximum Gasteiger partial charge on any atom is 0.435 e. The first-order valence-corrected chi connectivity index (χ1v) is 12.3. The molecular weight excluding hydrogens is 575 g/mol. The fourth-order valence-electron chi connectivity index (χ4n) is 4.11.